The largest absolute Gasteiger partial charge is 0.455 e. The summed E-state index contributed by atoms with van der Waals surface area (Å²) in [5, 5.41) is 2.34. The summed E-state index contributed by atoms with van der Waals surface area (Å²) in [6, 6.07) is 26.4. The van der Waals surface area contributed by atoms with Crippen molar-refractivity contribution in [1.29, 1.82) is 0 Å². The molecule has 2 bridgehead atoms. The SMILES string of the molecule is c1ccc2c(c1)C1c3cnc(-c4cccc5c4oc4ccccc45)cc3C2C2CCCCC12. The highest BCUT2D eigenvalue weighted by molar-refractivity contribution is 6.09. The molecular formula is C31H25NO. The lowest BCUT2D eigenvalue weighted by Gasteiger charge is -2.52. The Morgan fingerprint density at radius 1 is 0.667 bits per heavy atom. The molecule has 1 fully saturated rings. The summed E-state index contributed by atoms with van der Waals surface area (Å²) >= 11 is 0. The number of rotatable bonds is 1. The van der Waals surface area contributed by atoms with Gasteiger partial charge in [0.05, 0.1) is 5.69 Å². The van der Waals surface area contributed by atoms with Crippen molar-refractivity contribution >= 4 is 21.9 Å². The lowest BCUT2D eigenvalue weighted by atomic mass is 9.51. The molecule has 9 rings (SSSR count). The van der Waals surface area contributed by atoms with Crippen molar-refractivity contribution in [3.63, 3.8) is 0 Å². The standard InChI is InChI=1S/C31H25NO/c1-3-11-21-19(9-1)29-20-10-2-4-12-22(20)30(21)26-17-32-27(16-25(26)29)24-14-7-13-23-18-8-5-6-15-28(18)33-31(23)24/h1,3,5-9,11,13-17,20,22,29-30H,2,4,10,12H2. The third kappa shape index (κ3) is 2.36. The molecule has 2 heterocycles. The molecule has 5 aromatic rings. The fourth-order valence-electron chi connectivity index (χ4n) is 7.46. The second kappa shape index (κ2) is 6.57. The van der Waals surface area contributed by atoms with Crippen LogP contribution in [-0.4, -0.2) is 4.98 Å². The highest BCUT2D eigenvalue weighted by Gasteiger charge is 2.50. The minimum Gasteiger partial charge on any atom is -0.455 e. The Morgan fingerprint density at radius 2 is 1.36 bits per heavy atom. The van der Waals surface area contributed by atoms with E-state index in [9.17, 15) is 0 Å². The number of fused-ring (bicyclic) bond motifs is 3. The highest BCUT2D eigenvalue weighted by Crippen LogP contribution is 2.62. The summed E-state index contributed by atoms with van der Waals surface area (Å²) in [5.74, 6) is 2.55. The van der Waals surface area contributed by atoms with Gasteiger partial charge in [-0.25, -0.2) is 0 Å². The van der Waals surface area contributed by atoms with E-state index < -0.39 is 0 Å². The van der Waals surface area contributed by atoms with Crippen LogP contribution < -0.4 is 0 Å². The molecule has 3 aromatic carbocycles. The van der Waals surface area contributed by atoms with Crippen LogP contribution in [0.1, 0.15) is 59.8 Å². The van der Waals surface area contributed by atoms with E-state index in [-0.39, 0.29) is 0 Å². The van der Waals surface area contributed by atoms with Crippen molar-refractivity contribution in [2.24, 2.45) is 11.8 Å². The molecule has 0 amide bonds. The number of nitrogens with zero attached hydrogens (tertiary/aromatic N) is 1. The lowest BCUT2D eigenvalue weighted by molar-refractivity contribution is 0.163. The maximum absolute atomic E-state index is 6.35. The predicted octanol–water partition coefficient (Wildman–Crippen LogP) is 8.05. The minimum atomic E-state index is 0.503. The van der Waals surface area contributed by atoms with Gasteiger partial charge >= 0.3 is 0 Å². The topological polar surface area (TPSA) is 26.0 Å². The first-order chi connectivity index (χ1) is 16.4. The van der Waals surface area contributed by atoms with Crippen LogP contribution in [0.5, 0.6) is 0 Å². The fraction of sp³-hybridized carbons (Fsp3) is 0.258. The van der Waals surface area contributed by atoms with Crippen LogP contribution in [0.2, 0.25) is 0 Å². The van der Waals surface area contributed by atoms with Crippen LogP contribution in [0.25, 0.3) is 33.2 Å². The van der Waals surface area contributed by atoms with Gasteiger partial charge in [-0.15, -0.1) is 0 Å². The van der Waals surface area contributed by atoms with Gasteiger partial charge in [-0.3, -0.25) is 4.98 Å². The molecule has 0 saturated heterocycles. The number of hydrogen-bond donors (Lipinski definition) is 0. The van der Waals surface area contributed by atoms with Gasteiger partial charge in [0.1, 0.15) is 11.2 Å². The molecule has 0 spiro atoms. The lowest BCUT2D eigenvalue weighted by Crippen LogP contribution is -2.41. The summed E-state index contributed by atoms with van der Waals surface area (Å²) in [5.41, 5.74) is 10.1. The summed E-state index contributed by atoms with van der Waals surface area (Å²) in [6.45, 7) is 0. The van der Waals surface area contributed by atoms with Crippen LogP contribution in [0, 0.1) is 11.8 Å². The summed E-state index contributed by atoms with van der Waals surface area (Å²) in [6.07, 6.45) is 7.67. The van der Waals surface area contributed by atoms with Gasteiger partial charge < -0.3 is 4.42 Å². The first-order valence-electron chi connectivity index (χ1n) is 12.4. The predicted molar refractivity (Wildman–Crippen MR) is 133 cm³/mol. The normalized spacial score (nSPS) is 25.1. The smallest absolute Gasteiger partial charge is 0.144 e. The van der Waals surface area contributed by atoms with Crippen molar-refractivity contribution in [3.05, 3.63) is 101 Å². The van der Waals surface area contributed by atoms with Crippen molar-refractivity contribution in [1.82, 2.24) is 4.98 Å². The van der Waals surface area contributed by atoms with Crippen molar-refractivity contribution in [2.75, 3.05) is 0 Å². The first-order valence-corrected chi connectivity index (χ1v) is 12.4. The van der Waals surface area contributed by atoms with E-state index in [1.807, 2.05) is 6.07 Å². The summed E-state index contributed by atoms with van der Waals surface area (Å²) in [7, 11) is 0. The fourth-order valence-corrected chi connectivity index (χ4v) is 7.46. The number of pyridine rings is 1. The zero-order chi connectivity index (χ0) is 21.5. The number of aromatic nitrogens is 1. The maximum Gasteiger partial charge on any atom is 0.144 e. The average Bonchev–Trinajstić information content (AvgIpc) is 3.27. The Labute approximate surface area is 193 Å². The van der Waals surface area contributed by atoms with E-state index in [2.05, 4.69) is 72.9 Å². The van der Waals surface area contributed by atoms with Gasteiger partial charge in [-0.05, 0) is 65.1 Å². The Bertz CT molecular complexity index is 1560. The molecule has 4 aliphatic rings. The summed E-state index contributed by atoms with van der Waals surface area (Å²) < 4.78 is 6.35. The number of para-hydroxylation sites is 2. The van der Waals surface area contributed by atoms with Crippen LogP contribution in [-0.2, 0) is 0 Å². The highest BCUT2D eigenvalue weighted by atomic mass is 16.3. The molecule has 0 N–H and O–H groups in total. The van der Waals surface area contributed by atoms with Gasteiger partial charge in [-0.2, -0.15) is 0 Å². The molecule has 4 aliphatic carbocycles. The first kappa shape index (κ1) is 18.1. The van der Waals surface area contributed by atoms with Crippen LogP contribution in [0.4, 0.5) is 0 Å². The van der Waals surface area contributed by atoms with E-state index in [4.69, 9.17) is 9.40 Å². The van der Waals surface area contributed by atoms with E-state index in [0.717, 1.165) is 34.3 Å². The number of benzene rings is 3. The van der Waals surface area contributed by atoms with Crippen LogP contribution >= 0.6 is 0 Å². The van der Waals surface area contributed by atoms with Crippen LogP contribution in [0.3, 0.4) is 0 Å². The zero-order valence-electron chi connectivity index (χ0n) is 18.5. The van der Waals surface area contributed by atoms with Gasteiger partial charge in [-0.1, -0.05) is 67.4 Å². The molecule has 4 unspecified atom stereocenters. The Morgan fingerprint density at radius 3 is 2.18 bits per heavy atom. The van der Waals surface area contributed by atoms with Crippen molar-refractivity contribution in [3.8, 4) is 11.3 Å². The molecule has 160 valence electrons. The Kier molecular flexibility index (Phi) is 3.60. The molecule has 4 atom stereocenters. The van der Waals surface area contributed by atoms with Gasteiger partial charge in [0.25, 0.3) is 0 Å². The van der Waals surface area contributed by atoms with Gasteiger partial charge in [0.15, 0.2) is 0 Å². The molecule has 2 heteroatoms. The quantitative estimate of drug-likeness (QED) is 0.270. The molecule has 0 aliphatic heterocycles. The molecule has 1 saturated carbocycles. The second-order valence-corrected chi connectivity index (χ2v) is 10.2. The zero-order valence-corrected chi connectivity index (χ0v) is 18.5. The Hall–Kier alpha value is -3.39. The van der Waals surface area contributed by atoms with Crippen molar-refractivity contribution in [2.45, 2.75) is 37.5 Å². The molecule has 33 heavy (non-hydrogen) atoms. The maximum atomic E-state index is 6.35. The average molecular weight is 428 g/mol. The van der Waals surface area contributed by atoms with E-state index in [1.165, 1.54) is 47.6 Å². The summed E-state index contributed by atoms with van der Waals surface area (Å²) in [4.78, 5) is 5.05. The Balaban J connectivity index is 1.35. The number of hydrogen-bond acceptors (Lipinski definition) is 2. The van der Waals surface area contributed by atoms with Gasteiger partial charge in [0.2, 0.25) is 0 Å². The second-order valence-electron chi connectivity index (χ2n) is 10.2. The van der Waals surface area contributed by atoms with E-state index in [0.29, 0.717) is 11.8 Å². The van der Waals surface area contributed by atoms with E-state index in [1.54, 1.807) is 11.1 Å². The van der Waals surface area contributed by atoms with Crippen LogP contribution in [0.15, 0.2) is 83.4 Å². The third-order valence-electron chi connectivity index (χ3n) is 8.72. The monoisotopic (exact) mass is 427 g/mol. The number of furan rings is 1. The minimum absolute atomic E-state index is 0.503. The molecule has 2 nitrogen and oxygen atoms in total. The van der Waals surface area contributed by atoms with E-state index >= 15 is 0 Å². The molecule has 0 radical (unpaired) electrons. The molecule has 2 aromatic heterocycles. The van der Waals surface area contributed by atoms with Gasteiger partial charge in [0, 0.05) is 34.4 Å². The third-order valence-corrected chi connectivity index (χ3v) is 8.72. The van der Waals surface area contributed by atoms with Crippen molar-refractivity contribution < 1.29 is 4.42 Å². The molecular weight excluding hydrogens is 402 g/mol.